The molecule has 0 aromatic heterocycles. The fourth-order valence-corrected chi connectivity index (χ4v) is 1.35. The number of nitrogens with one attached hydrogen (secondary N) is 1. The molecule has 1 rings (SSSR count). The molecule has 1 aliphatic heterocycles. The fourth-order valence-electron chi connectivity index (χ4n) is 1.35. The van der Waals surface area contributed by atoms with Crippen LogP contribution in [-0.2, 0) is 4.79 Å². The second-order valence-electron chi connectivity index (χ2n) is 3.06. The van der Waals surface area contributed by atoms with Crippen LogP contribution in [0.15, 0.2) is 0 Å². The Bertz CT molecular complexity index is 163. The molecule has 0 saturated carbocycles. The van der Waals surface area contributed by atoms with E-state index in [0.29, 0.717) is 0 Å². The third-order valence-electron chi connectivity index (χ3n) is 2.03. The minimum absolute atomic E-state index is 0. The maximum absolute atomic E-state index is 10.6. The van der Waals surface area contributed by atoms with Crippen LogP contribution in [0.2, 0.25) is 0 Å². The second-order valence-corrected chi connectivity index (χ2v) is 3.06. The van der Waals surface area contributed by atoms with Crippen LogP contribution in [0.25, 0.3) is 0 Å². The monoisotopic (exact) mass is 370 g/mol. The molecule has 2 atom stereocenters. The van der Waals surface area contributed by atoms with E-state index in [-0.39, 0.29) is 55.5 Å². The average Bonchev–Trinajstić information content (AvgIpc) is 1.88. The van der Waals surface area contributed by atoms with Crippen molar-refractivity contribution in [1.29, 1.82) is 0 Å². The summed E-state index contributed by atoms with van der Waals surface area (Å²) in [6.07, 6.45) is 1.04. The summed E-state index contributed by atoms with van der Waals surface area (Å²) < 4.78 is 0. The summed E-state index contributed by atoms with van der Waals surface area (Å²) in [5.74, 6) is -0.240. The molecule has 1 aliphatic rings. The summed E-state index contributed by atoms with van der Waals surface area (Å²) in [4.78, 5) is 10.6. The van der Waals surface area contributed by atoms with Crippen molar-refractivity contribution in [3.05, 3.63) is 0 Å². The first-order valence-electron chi connectivity index (χ1n) is 3.60. The molecule has 1 unspecified atom stereocenters. The summed E-state index contributed by atoms with van der Waals surface area (Å²) in [6, 6.07) is 0. The molecule has 1 fully saturated rings. The van der Waals surface area contributed by atoms with E-state index in [1.54, 1.807) is 0 Å². The molecule has 61 valence electrons. The van der Waals surface area contributed by atoms with Crippen LogP contribution < -0.4 is 5.32 Å². The van der Waals surface area contributed by atoms with Crippen molar-refractivity contribution in [2.24, 2.45) is 0 Å². The van der Waals surface area contributed by atoms with Crippen LogP contribution in [0.5, 0.6) is 0 Å². The first kappa shape index (κ1) is 11.9. The Morgan fingerprint density at radius 1 is 1.73 bits per heavy atom. The molecule has 0 bridgehead atoms. The smallest absolute Gasteiger partial charge is 0.251 e. The molecule has 4 heteroatoms. The molecular weight excluding hydrogens is 357 g/mol. The molecule has 1 amide bonds. The standard InChI is InChI=1S/C7H13NO2.Ac/c1-3-4-7(2)5(9)6(10)8-7;/h5,9H,3-4H2,1-2H3,(H,8,10);/t5-,7?;/m0./s1. The minimum Gasteiger partial charge on any atom is -0.381 e. The number of hydrogen-bond donors (Lipinski definition) is 2. The van der Waals surface area contributed by atoms with Crippen molar-refractivity contribution < 1.29 is 54.0 Å². The van der Waals surface area contributed by atoms with Crippen LogP contribution in [0.1, 0.15) is 26.7 Å². The van der Waals surface area contributed by atoms with Gasteiger partial charge < -0.3 is 10.4 Å². The van der Waals surface area contributed by atoms with Gasteiger partial charge in [-0.1, -0.05) is 13.3 Å². The van der Waals surface area contributed by atoms with E-state index in [1.165, 1.54) is 0 Å². The number of amides is 1. The number of carbonyl (C=O) groups is 1. The molecule has 3 nitrogen and oxygen atoms in total. The molecule has 2 N–H and O–H groups in total. The Hall–Kier alpha value is 0.872. The Morgan fingerprint density at radius 2 is 2.27 bits per heavy atom. The van der Waals surface area contributed by atoms with Crippen molar-refractivity contribution in [1.82, 2.24) is 5.32 Å². The first-order valence-corrected chi connectivity index (χ1v) is 3.60. The Labute approximate surface area is 102 Å². The van der Waals surface area contributed by atoms with E-state index in [0.717, 1.165) is 12.8 Å². The van der Waals surface area contributed by atoms with Gasteiger partial charge in [-0.25, -0.2) is 0 Å². The molecule has 1 saturated heterocycles. The Balaban J connectivity index is 0.000001000. The fraction of sp³-hybridized carbons (Fsp3) is 0.857. The number of aliphatic hydroxyl groups is 1. The van der Waals surface area contributed by atoms with Gasteiger partial charge in [-0.3, -0.25) is 4.79 Å². The van der Waals surface area contributed by atoms with Crippen LogP contribution in [0, 0.1) is 44.1 Å². The molecule has 0 aromatic carbocycles. The average molecular weight is 370 g/mol. The summed E-state index contributed by atoms with van der Waals surface area (Å²) in [7, 11) is 0. The number of aliphatic hydroxyl groups excluding tert-OH is 1. The zero-order valence-corrected chi connectivity index (χ0v) is 11.7. The number of β-lactam (4-membered cyclic amide) rings is 1. The van der Waals surface area contributed by atoms with Crippen molar-refractivity contribution in [2.75, 3.05) is 0 Å². The van der Waals surface area contributed by atoms with Gasteiger partial charge in [0.15, 0.2) is 6.10 Å². The van der Waals surface area contributed by atoms with Gasteiger partial charge in [0.1, 0.15) is 0 Å². The van der Waals surface area contributed by atoms with E-state index in [4.69, 9.17) is 5.11 Å². The van der Waals surface area contributed by atoms with Crippen molar-refractivity contribution >= 4 is 5.91 Å². The maximum atomic E-state index is 10.6. The van der Waals surface area contributed by atoms with Gasteiger partial charge in [-0.15, -0.1) is 0 Å². The second kappa shape index (κ2) is 4.21. The first-order chi connectivity index (χ1) is 4.60. The van der Waals surface area contributed by atoms with E-state index >= 15 is 0 Å². The predicted molar refractivity (Wildman–Crippen MR) is 37.5 cm³/mol. The zero-order chi connectivity index (χ0) is 7.78. The summed E-state index contributed by atoms with van der Waals surface area (Å²) >= 11 is 0. The third kappa shape index (κ3) is 2.17. The zero-order valence-electron chi connectivity index (χ0n) is 6.92. The Kier molecular flexibility index (Phi) is 4.54. The van der Waals surface area contributed by atoms with Crippen LogP contribution in [-0.4, -0.2) is 22.7 Å². The van der Waals surface area contributed by atoms with Gasteiger partial charge in [0, 0.05) is 44.1 Å². The SMILES string of the molecule is CCCC1(C)NC(=O)[C@@H]1O.[Ac]. The normalized spacial score (nSPS) is 35.2. The molecule has 11 heavy (non-hydrogen) atoms. The van der Waals surface area contributed by atoms with E-state index in [9.17, 15) is 4.79 Å². The van der Waals surface area contributed by atoms with Gasteiger partial charge in [-0.05, 0) is 13.3 Å². The van der Waals surface area contributed by atoms with E-state index in [2.05, 4.69) is 5.32 Å². The van der Waals surface area contributed by atoms with E-state index in [1.807, 2.05) is 13.8 Å². The van der Waals surface area contributed by atoms with E-state index < -0.39 is 6.10 Å². The topological polar surface area (TPSA) is 49.3 Å². The van der Waals surface area contributed by atoms with Gasteiger partial charge in [0.05, 0.1) is 5.54 Å². The molecule has 0 aliphatic carbocycles. The van der Waals surface area contributed by atoms with Gasteiger partial charge >= 0.3 is 0 Å². The van der Waals surface area contributed by atoms with Gasteiger partial charge in [0.25, 0.3) is 5.91 Å². The quantitative estimate of drug-likeness (QED) is 0.675. The maximum Gasteiger partial charge on any atom is 0.251 e. The van der Waals surface area contributed by atoms with Crippen molar-refractivity contribution in [3.63, 3.8) is 0 Å². The molecule has 0 aromatic rings. The number of hydrogen-bond acceptors (Lipinski definition) is 2. The molecule has 1 heterocycles. The minimum atomic E-state index is -0.785. The summed E-state index contributed by atoms with van der Waals surface area (Å²) in [5.41, 5.74) is -0.341. The molecule has 0 spiro atoms. The van der Waals surface area contributed by atoms with Crippen LogP contribution >= 0.6 is 0 Å². The summed E-state index contributed by atoms with van der Waals surface area (Å²) in [6.45, 7) is 3.89. The van der Waals surface area contributed by atoms with Crippen LogP contribution in [0.4, 0.5) is 0 Å². The number of carbonyl (C=O) groups excluding carboxylic acids is 1. The van der Waals surface area contributed by atoms with Crippen LogP contribution in [0.3, 0.4) is 0 Å². The molecular formula is C7H13AcNO2. The summed E-state index contributed by atoms with van der Waals surface area (Å²) in [5, 5.41) is 11.8. The van der Waals surface area contributed by atoms with Gasteiger partial charge in [0.2, 0.25) is 0 Å². The van der Waals surface area contributed by atoms with Gasteiger partial charge in [-0.2, -0.15) is 0 Å². The third-order valence-corrected chi connectivity index (χ3v) is 2.03. The van der Waals surface area contributed by atoms with Crippen molar-refractivity contribution in [2.45, 2.75) is 38.3 Å². The van der Waals surface area contributed by atoms with Crippen molar-refractivity contribution in [3.8, 4) is 0 Å². The number of rotatable bonds is 2. The predicted octanol–water partition coefficient (Wildman–Crippen LogP) is 0.0359. The largest absolute Gasteiger partial charge is 0.381 e. The Morgan fingerprint density at radius 3 is 2.55 bits per heavy atom. The molecule has 1 radical (unpaired) electrons.